The van der Waals surface area contributed by atoms with Crippen LogP contribution in [0.5, 0.6) is 0 Å². The third-order valence-corrected chi connectivity index (χ3v) is 7.88. The van der Waals surface area contributed by atoms with Crippen LogP contribution in [0.3, 0.4) is 0 Å². The van der Waals surface area contributed by atoms with E-state index in [0.717, 1.165) is 60.7 Å². The highest BCUT2D eigenvalue weighted by atomic mass is 32.1. The highest BCUT2D eigenvalue weighted by Crippen LogP contribution is 2.33. The molecule has 1 fully saturated rings. The summed E-state index contributed by atoms with van der Waals surface area (Å²) in [5.41, 5.74) is 2.25. The highest BCUT2D eigenvalue weighted by molar-refractivity contribution is 7.18. The van der Waals surface area contributed by atoms with E-state index in [1.54, 1.807) is 11.3 Å². The van der Waals surface area contributed by atoms with Gasteiger partial charge < -0.3 is 9.88 Å². The van der Waals surface area contributed by atoms with Crippen molar-refractivity contribution in [3.05, 3.63) is 62.5 Å². The van der Waals surface area contributed by atoms with Crippen molar-refractivity contribution in [3.8, 4) is 0 Å². The molecule has 2 aliphatic carbocycles. The summed E-state index contributed by atoms with van der Waals surface area (Å²) in [5.74, 6) is 0.870. The predicted molar refractivity (Wildman–Crippen MR) is 124 cm³/mol. The zero-order chi connectivity index (χ0) is 21.2. The van der Waals surface area contributed by atoms with Gasteiger partial charge in [-0.15, -0.1) is 11.3 Å². The lowest BCUT2D eigenvalue weighted by Crippen LogP contribution is -2.37. The lowest BCUT2D eigenvalue weighted by atomic mass is 9.88. The van der Waals surface area contributed by atoms with Crippen molar-refractivity contribution in [2.45, 2.75) is 70.9 Å². The number of carbonyl (C=O) groups excluding carboxylic acids is 1. The molecule has 0 aliphatic heterocycles. The second-order valence-electron chi connectivity index (χ2n) is 8.92. The van der Waals surface area contributed by atoms with Crippen LogP contribution in [0.4, 0.5) is 0 Å². The van der Waals surface area contributed by atoms with Crippen LogP contribution in [0.1, 0.15) is 66.8 Å². The van der Waals surface area contributed by atoms with E-state index in [4.69, 9.17) is 4.98 Å². The molecule has 0 atom stereocenters. The minimum Gasteiger partial charge on any atom is -0.331 e. The molecule has 3 aromatic rings. The predicted octanol–water partition coefficient (Wildman–Crippen LogP) is 4.97. The molecular formula is C25H29N3O2S. The Morgan fingerprint density at radius 2 is 1.81 bits per heavy atom. The fraction of sp³-hybridized carbons (Fsp3) is 0.480. The van der Waals surface area contributed by atoms with Crippen LogP contribution in [0.2, 0.25) is 0 Å². The third kappa shape index (κ3) is 4.31. The van der Waals surface area contributed by atoms with E-state index in [0.29, 0.717) is 18.9 Å². The Kier molecular flexibility index (Phi) is 5.90. The Morgan fingerprint density at radius 3 is 2.61 bits per heavy atom. The van der Waals surface area contributed by atoms with Crippen molar-refractivity contribution in [1.29, 1.82) is 0 Å². The smallest absolute Gasteiger partial charge is 0.259 e. The van der Waals surface area contributed by atoms with Gasteiger partial charge in [0.1, 0.15) is 10.7 Å². The summed E-state index contributed by atoms with van der Waals surface area (Å²) in [6, 6.07) is 10.1. The molecule has 1 amide bonds. The minimum atomic E-state index is -0.0517. The van der Waals surface area contributed by atoms with Gasteiger partial charge in [-0.2, -0.15) is 0 Å². The molecule has 5 rings (SSSR count). The monoisotopic (exact) mass is 435 g/mol. The fourth-order valence-corrected chi connectivity index (χ4v) is 6.37. The van der Waals surface area contributed by atoms with Gasteiger partial charge in [0.05, 0.1) is 11.9 Å². The average Bonchev–Trinajstić information content (AvgIpc) is 3.18. The SMILES string of the molecule is O=C(C1CCCCC1)N(Cc1ccccc1)Cc1nc2sc3c(c2c(=O)[nH]1)CCCC3. The molecule has 0 saturated heterocycles. The molecule has 0 bridgehead atoms. The number of amides is 1. The molecule has 0 radical (unpaired) electrons. The lowest BCUT2D eigenvalue weighted by Gasteiger charge is -2.29. The van der Waals surface area contributed by atoms with Crippen LogP contribution in [0.15, 0.2) is 35.1 Å². The van der Waals surface area contributed by atoms with E-state index in [9.17, 15) is 9.59 Å². The van der Waals surface area contributed by atoms with Crippen molar-refractivity contribution < 1.29 is 4.79 Å². The summed E-state index contributed by atoms with van der Waals surface area (Å²) in [5, 5.41) is 0.775. The largest absolute Gasteiger partial charge is 0.331 e. The van der Waals surface area contributed by atoms with Crippen molar-refractivity contribution in [2.75, 3.05) is 0 Å². The standard InChI is InChI=1S/C25H29N3O2S/c29-23-22-19-13-7-8-14-20(19)31-24(22)27-21(26-23)16-28(15-17-9-3-1-4-10-17)25(30)18-11-5-2-6-12-18/h1,3-4,9-10,18H,2,5-8,11-16H2,(H,26,27,29). The molecule has 1 saturated carbocycles. The van der Waals surface area contributed by atoms with E-state index in [1.165, 1.54) is 23.3 Å². The molecule has 2 aromatic heterocycles. The van der Waals surface area contributed by atoms with E-state index in [2.05, 4.69) is 4.98 Å². The number of H-pyrrole nitrogens is 1. The number of fused-ring (bicyclic) bond motifs is 3. The molecule has 2 aliphatic rings. The summed E-state index contributed by atoms with van der Waals surface area (Å²) in [4.78, 5) is 38.2. The molecular weight excluding hydrogens is 406 g/mol. The number of rotatable bonds is 5. The molecule has 0 unspecified atom stereocenters. The first kappa shape index (κ1) is 20.4. The Balaban J connectivity index is 1.45. The number of nitrogens with one attached hydrogen (secondary N) is 1. The zero-order valence-electron chi connectivity index (χ0n) is 17.9. The summed E-state index contributed by atoms with van der Waals surface area (Å²) < 4.78 is 0. The number of benzene rings is 1. The second kappa shape index (κ2) is 8.95. The number of nitrogens with zero attached hydrogens (tertiary/aromatic N) is 2. The van der Waals surface area contributed by atoms with Crippen LogP contribution in [-0.4, -0.2) is 20.8 Å². The van der Waals surface area contributed by atoms with Crippen molar-refractivity contribution >= 4 is 27.5 Å². The van der Waals surface area contributed by atoms with Crippen molar-refractivity contribution in [1.82, 2.24) is 14.9 Å². The topological polar surface area (TPSA) is 66.1 Å². The third-order valence-electron chi connectivity index (χ3n) is 6.70. The van der Waals surface area contributed by atoms with Crippen molar-refractivity contribution in [3.63, 3.8) is 0 Å². The molecule has 0 spiro atoms. The quantitative estimate of drug-likeness (QED) is 0.615. The summed E-state index contributed by atoms with van der Waals surface area (Å²) in [6.07, 6.45) is 9.73. The second-order valence-corrected chi connectivity index (χ2v) is 10.0. The molecule has 1 N–H and O–H groups in total. The van der Waals surface area contributed by atoms with Gasteiger partial charge in [0, 0.05) is 17.3 Å². The number of carbonyl (C=O) groups is 1. The Hall–Kier alpha value is -2.47. The summed E-state index contributed by atoms with van der Waals surface area (Å²) in [7, 11) is 0. The molecule has 2 heterocycles. The normalized spacial score (nSPS) is 16.9. The van der Waals surface area contributed by atoms with Crippen LogP contribution >= 0.6 is 11.3 Å². The Bertz CT molecular complexity index is 1130. The number of hydrogen-bond acceptors (Lipinski definition) is 4. The number of thiophene rings is 1. The fourth-order valence-electron chi connectivity index (χ4n) is 5.09. The van der Waals surface area contributed by atoms with Crippen molar-refractivity contribution in [2.24, 2.45) is 5.92 Å². The van der Waals surface area contributed by atoms with Gasteiger partial charge in [0.15, 0.2) is 0 Å². The summed E-state index contributed by atoms with van der Waals surface area (Å²) >= 11 is 1.66. The van der Waals surface area contributed by atoms with Gasteiger partial charge in [0.25, 0.3) is 5.56 Å². The number of hydrogen-bond donors (Lipinski definition) is 1. The lowest BCUT2D eigenvalue weighted by molar-refractivity contribution is -0.138. The first-order valence-electron chi connectivity index (χ1n) is 11.5. The van der Waals surface area contributed by atoms with Gasteiger partial charge in [-0.25, -0.2) is 4.98 Å². The zero-order valence-corrected chi connectivity index (χ0v) is 18.7. The first-order chi connectivity index (χ1) is 15.2. The van der Waals surface area contributed by atoms with E-state index < -0.39 is 0 Å². The van der Waals surface area contributed by atoms with Crippen LogP contribution in [0, 0.1) is 5.92 Å². The number of aryl methyl sites for hydroxylation is 2. The van der Waals surface area contributed by atoms with E-state index >= 15 is 0 Å². The molecule has 1 aromatic carbocycles. The van der Waals surface area contributed by atoms with Gasteiger partial charge in [-0.1, -0.05) is 49.6 Å². The van der Waals surface area contributed by atoms with E-state index in [1.807, 2.05) is 35.2 Å². The van der Waals surface area contributed by atoms with Gasteiger partial charge in [-0.05, 0) is 49.7 Å². The van der Waals surface area contributed by atoms with Gasteiger partial charge >= 0.3 is 0 Å². The highest BCUT2D eigenvalue weighted by Gasteiger charge is 2.27. The number of aromatic amines is 1. The maximum atomic E-state index is 13.4. The Labute approximate surface area is 186 Å². The molecule has 31 heavy (non-hydrogen) atoms. The van der Waals surface area contributed by atoms with Crippen LogP contribution in [0.25, 0.3) is 10.2 Å². The first-order valence-corrected chi connectivity index (χ1v) is 12.4. The maximum absolute atomic E-state index is 13.4. The van der Waals surface area contributed by atoms with Crippen LogP contribution < -0.4 is 5.56 Å². The average molecular weight is 436 g/mol. The van der Waals surface area contributed by atoms with Gasteiger partial charge in [-0.3, -0.25) is 9.59 Å². The maximum Gasteiger partial charge on any atom is 0.259 e. The van der Waals surface area contributed by atoms with Crippen LogP contribution in [-0.2, 0) is 30.7 Å². The molecule has 5 nitrogen and oxygen atoms in total. The molecule has 162 valence electrons. The number of aromatic nitrogens is 2. The van der Waals surface area contributed by atoms with Gasteiger partial charge in [0.2, 0.25) is 5.91 Å². The molecule has 6 heteroatoms. The summed E-state index contributed by atoms with van der Waals surface area (Å²) in [6.45, 7) is 0.886. The Morgan fingerprint density at radius 1 is 1.03 bits per heavy atom. The van der Waals surface area contributed by atoms with E-state index in [-0.39, 0.29) is 17.4 Å². The minimum absolute atomic E-state index is 0.0517.